The van der Waals surface area contributed by atoms with Gasteiger partial charge in [0.2, 0.25) is 0 Å². The van der Waals surface area contributed by atoms with Gasteiger partial charge in [0.15, 0.2) is 5.78 Å². The van der Waals surface area contributed by atoms with Crippen LogP contribution in [0.1, 0.15) is 50.9 Å². The van der Waals surface area contributed by atoms with E-state index in [1.165, 1.54) is 0 Å². The number of benzene rings is 1. The summed E-state index contributed by atoms with van der Waals surface area (Å²) in [5.41, 5.74) is 0.0125. The Morgan fingerprint density at radius 1 is 1.11 bits per heavy atom. The standard InChI is InChI=1S/C17H22O2/c1-12(18)14-10-11-17(4,16(14,2)3)15(19)13-8-6-5-7-9-13/h5-9,14H,10-11H2,1-4H3. The van der Waals surface area contributed by atoms with E-state index in [2.05, 4.69) is 13.8 Å². The first-order valence-electron chi connectivity index (χ1n) is 6.91. The molecule has 0 spiro atoms. The van der Waals surface area contributed by atoms with E-state index in [1.807, 2.05) is 37.3 Å². The molecule has 0 aromatic heterocycles. The fraction of sp³-hybridized carbons (Fsp3) is 0.529. The molecule has 0 amide bonds. The van der Waals surface area contributed by atoms with E-state index in [4.69, 9.17) is 0 Å². The van der Waals surface area contributed by atoms with Gasteiger partial charge in [-0.3, -0.25) is 9.59 Å². The molecule has 1 aromatic rings. The first-order chi connectivity index (χ1) is 8.80. The van der Waals surface area contributed by atoms with Crippen molar-refractivity contribution in [3.8, 4) is 0 Å². The molecule has 102 valence electrons. The van der Waals surface area contributed by atoms with E-state index in [0.717, 1.165) is 18.4 Å². The monoisotopic (exact) mass is 258 g/mol. The van der Waals surface area contributed by atoms with E-state index in [1.54, 1.807) is 6.92 Å². The second kappa shape index (κ2) is 4.59. The first-order valence-corrected chi connectivity index (χ1v) is 6.91. The third-order valence-corrected chi connectivity index (χ3v) is 5.25. The zero-order valence-electron chi connectivity index (χ0n) is 12.2. The van der Waals surface area contributed by atoms with E-state index in [-0.39, 0.29) is 22.9 Å². The number of hydrogen-bond acceptors (Lipinski definition) is 2. The molecular formula is C17H22O2. The quantitative estimate of drug-likeness (QED) is 0.770. The predicted molar refractivity (Wildman–Crippen MR) is 76.1 cm³/mol. The maximum Gasteiger partial charge on any atom is 0.169 e. The summed E-state index contributed by atoms with van der Waals surface area (Å²) < 4.78 is 0. The van der Waals surface area contributed by atoms with Crippen LogP contribution in [0.3, 0.4) is 0 Å². The Labute approximate surface area is 115 Å². The van der Waals surface area contributed by atoms with Gasteiger partial charge in [-0.25, -0.2) is 0 Å². The number of hydrogen-bond donors (Lipinski definition) is 0. The maximum atomic E-state index is 12.8. The third-order valence-electron chi connectivity index (χ3n) is 5.25. The lowest BCUT2D eigenvalue weighted by Gasteiger charge is -2.40. The van der Waals surface area contributed by atoms with Crippen molar-refractivity contribution in [3.05, 3.63) is 35.9 Å². The van der Waals surface area contributed by atoms with Crippen LogP contribution in [0.25, 0.3) is 0 Å². The second-order valence-electron chi connectivity index (χ2n) is 6.45. The van der Waals surface area contributed by atoms with Crippen molar-refractivity contribution in [3.63, 3.8) is 0 Å². The highest BCUT2D eigenvalue weighted by molar-refractivity contribution is 6.01. The average Bonchev–Trinajstić information content (AvgIpc) is 2.61. The Balaban J connectivity index is 2.39. The minimum Gasteiger partial charge on any atom is -0.300 e. The molecule has 0 bridgehead atoms. The Morgan fingerprint density at radius 2 is 1.68 bits per heavy atom. The van der Waals surface area contributed by atoms with Gasteiger partial charge in [0.25, 0.3) is 0 Å². The van der Waals surface area contributed by atoms with Crippen molar-refractivity contribution in [1.82, 2.24) is 0 Å². The Kier molecular flexibility index (Phi) is 3.38. The summed E-state index contributed by atoms with van der Waals surface area (Å²) in [4.78, 5) is 24.6. The van der Waals surface area contributed by atoms with Crippen LogP contribution in [-0.2, 0) is 4.79 Å². The van der Waals surface area contributed by atoms with Crippen LogP contribution in [-0.4, -0.2) is 11.6 Å². The number of ketones is 2. The van der Waals surface area contributed by atoms with Crippen molar-refractivity contribution >= 4 is 11.6 Å². The molecule has 1 fully saturated rings. The summed E-state index contributed by atoms with van der Waals surface area (Å²) in [5.74, 6) is 0.363. The smallest absolute Gasteiger partial charge is 0.169 e. The van der Waals surface area contributed by atoms with Crippen LogP contribution in [0.4, 0.5) is 0 Å². The van der Waals surface area contributed by atoms with Gasteiger partial charge in [0.1, 0.15) is 5.78 Å². The predicted octanol–water partition coefficient (Wildman–Crippen LogP) is 3.90. The molecule has 2 atom stereocenters. The number of Topliss-reactive ketones (excluding diaryl/α,β-unsaturated/α-hetero) is 2. The highest BCUT2D eigenvalue weighted by Crippen LogP contribution is 2.57. The molecule has 0 heterocycles. The van der Waals surface area contributed by atoms with Gasteiger partial charge in [-0.1, -0.05) is 51.1 Å². The maximum absolute atomic E-state index is 12.8. The number of rotatable bonds is 3. The molecule has 2 unspecified atom stereocenters. The molecular weight excluding hydrogens is 236 g/mol. The summed E-state index contributed by atoms with van der Waals surface area (Å²) in [6, 6.07) is 9.43. The summed E-state index contributed by atoms with van der Waals surface area (Å²) in [5, 5.41) is 0. The van der Waals surface area contributed by atoms with Crippen LogP contribution in [0.5, 0.6) is 0 Å². The highest BCUT2D eigenvalue weighted by Gasteiger charge is 2.56. The minimum atomic E-state index is -0.454. The molecule has 2 nitrogen and oxygen atoms in total. The lowest BCUT2D eigenvalue weighted by molar-refractivity contribution is -0.124. The molecule has 0 radical (unpaired) electrons. The largest absolute Gasteiger partial charge is 0.300 e. The molecule has 1 aliphatic rings. The van der Waals surface area contributed by atoms with Crippen LogP contribution in [0.15, 0.2) is 30.3 Å². The summed E-state index contributed by atoms with van der Waals surface area (Å²) >= 11 is 0. The topological polar surface area (TPSA) is 34.1 Å². The highest BCUT2D eigenvalue weighted by atomic mass is 16.1. The zero-order chi connectivity index (χ0) is 14.3. The van der Waals surface area contributed by atoms with Crippen molar-refractivity contribution in [1.29, 1.82) is 0 Å². The number of carbonyl (C=O) groups is 2. The van der Waals surface area contributed by atoms with E-state index < -0.39 is 5.41 Å². The second-order valence-corrected chi connectivity index (χ2v) is 6.45. The Bertz CT molecular complexity index is 501. The first kappa shape index (κ1) is 14.0. The van der Waals surface area contributed by atoms with Gasteiger partial charge in [-0.05, 0) is 25.2 Å². The van der Waals surface area contributed by atoms with E-state index in [9.17, 15) is 9.59 Å². The van der Waals surface area contributed by atoms with Gasteiger partial charge in [-0.15, -0.1) is 0 Å². The number of carbonyl (C=O) groups excluding carboxylic acids is 2. The molecule has 1 aromatic carbocycles. The molecule has 1 aliphatic carbocycles. The van der Waals surface area contributed by atoms with Gasteiger partial charge in [0, 0.05) is 16.9 Å². The van der Waals surface area contributed by atoms with Crippen molar-refractivity contribution in [2.24, 2.45) is 16.7 Å². The SMILES string of the molecule is CC(=O)C1CCC(C)(C(=O)c2ccccc2)C1(C)C. The normalized spacial score (nSPS) is 29.2. The molecule has 0 N–H and O–H groups in total. The lowest BCUT2D eigenvalue weighted by Crippen LogP contribution is -2.42. The lowest BCUT2D eigenvalue weighted by atomic mass is 9.62. The van der Waals surface area contributed by atoms with E-state index >= 15 is 0 Å². The molecule has 0 saturated heterocycles. The Morgan fingerprint density at radius 3 is 2.16 bits per heavy atom. The fourth-order valence-corrected chi connectivity index (χ4v) is 3.53. The van der Waals surface area contributed by atoms with Crippen molar-refractivity contribution in [2.45, 2.75) is 40.5 Å². The van der Waals surface area contributed by atoms with Crippen LogP contribution < -0.4 is 0 Å². The van der Waals surface area contributed by atoms with Crippen LogP contribution in [0.2, 0.25) is 0 Å². The average molecular weight is 258 g/mol. The molecule has 0 aliphatic heterocycles. The van der Waals surface area contributed by atoms with Gasteiger partial charge in [0.05, 0.1) is 0 Å². The minimum absolute atomic E-state index is 0.00911. The third kappa shape index (κ3) is 2.03. The summed E-state index contributed by atoms with van der Waals surface area (Å²) in [6.07, 6.45) is 1.61. The summed E-state index contributed by atoms with van der Waals surface area (Å²) in [7, 11) is 0. The van der Waals surface area contributed by atoms with E-state index in [0.29, 0.717) is 0 Å². The van der Waals surface area contributed by atoms with Gasteiger partial charge in [-0.2, -0.15) is 0 Å². The molecule has 2 rings (SSSR count). The van der Waals surface area contributed by atoms with Crippen molar-refractivity contribution < 1.29 is 9.59 Å². The van der Waals surface area contributed by atoms with Gasteiger partial charge >= 0.3 is 0 Å². The zero-order valence-corrected chi connectivity index (χ0v) is 12.2. The molecule has 1 saturated carbocycles. The van der Waals surface area contributed by atoms with Crippen LogP contribution in [0, 0.1) is 16.7 Å². The Hall–Kier alpha value is -1.44. The summed E-state index contributed by atoms with van der Waals surface area (Å²) in [6.45, 7) is 7.79. The fourth-order valence-electron chi connectivity index (χ4n) is 3.53. The molecule has 2 heteroatoms. The molecule has 19 heavy (non-hydrogen) atoms. The van der Waals surface area contributed by atoms with Crippen molar-refractivity contribution in [2.75, 3.05) is 0 Å². The van der Waals surface area contributed by atoms with Crippen LogP contribution >= 0.6 is 0 Å². The van der Waals surface area contributed by atoms with Gasteiger partial charge < -0.3 is 0 Å².